The van der Waals surface area contributed by atoms with Crippen molar-refractivity contribution in [2.45, 2.75) is 11.5 Å². The zero-order valence-electron chi connectivity index (χ0n) is 10.5. The molecule has 21 heavy (non-hydrogen) atoms. The molecule has 2 N–H and O–H groups in total. The highest BCUT2D eigenvalue weighted by atomic mass is 32.2. The molecule has 0 spiro atoms. The number of sulfonamides is 1. The van der Waals surface area contributed by atoms with Crippen LogP contribution in [0, 0.1) is 17.5 Å². The summed E-state index contributed by atoms with van der Waals surface area (Å²) in [5.74, 6) is -3.70. The highest BCUT2D eigenvalue weighted by Crippen LogP contribution is 2.28. The number of benzene rings is 2. The molecule has 0 aliphatic carbocycles. The van der Waals surface area contributed by atoms with Crippen LogP contribution >= 0.6 is 0 Å². The van der Waals surface area contributed by atoms with E-state index in [9.17, 15) is 21.6 Å². The van der Waals surface area contributed by atoms with E-state index >= 15 is 0 Å². The Morgan fingerprint density at radius 3 is 2.33 bits per heavy atom. The van der Waals surface area contributed by atoms with E-state index in [0.717, 1.165) is 0 Å². The predicted molar refractivity (Wildman–Crippen MR) is 68.5 cm³/mol. The van der Waals surface area contributed by atoms with Crippen LogP contribution in [0.4, 0.5) is 13.2 Å². The molecule has 0 fully saturated rings. The fourth-order valence-corrected chi connectivity index (χ4v) is 2.35. The third kappa shape index (κ3) is 3.53. The molecule has 2 aromatic rings. The minimum Gasteiger partial charge on any atom is -0.484 e. The zero-order chi connectivity index (χ0) is 15.6. The maximum Gasteiger partial charge on any atom is 0.241 e. The van der Waals surface area contributed by atoms with Gasteiger partial charge in [-0.05, 0) is 12.1 Å². The molecule has 4 nitrogen and oxygen atoms in total. The molecule has 8 heteroatoms. The first-order chi connectivity index (χ1) is 9.79. The fraction of sp³-hybridized carbons (Fsp3) is 0.0769. The highest BCUT2D eigenvalue weighted by molar-refractivity contribution is 7.89. The summed E-state index contributed by atoms with van der Waals surface area (Å²) in [6, 6.07) is 6.52. The van der Waals surface area contributed by atoms with Crippen LogP contribution < -0.4 is 9.88 Å². The van der Waals surface area contributed by atoms with Gasteiger partial charge in [-0.1, -0.05) is 18.2 Å². The molecule has 0 heterocycles. The Bertz CT molecular complexity index is 778. The molecule has 0 amide bonds. The van der Waals surface area contributed by atoms with Gasteiger partial charge in [0.1, 0.15) is 23.1 Å². The van der Waals surface area contributed by atoms with Gasteiger partial charge in [0, 0.05) is 11.6 Å². The van der Waals surface area contributed by atoms with Gasteiger partial charge in [-0.15, -0.1) is 0 Å². The number of ether oxygens (including phenoxy) is 1. The molecule has 0 aromatic heterocycles. The zero-order valence-corrected chi connectivity index (χ0v) is 11.3. The van der Waals surface area contributed by atoms with Crippen LogP contribution in [0.2, 0.25) is 0 Å². The van der Waals surface area contributed by atoms with Crippen LogP contribution in [-0.2, 0) is 16.6 Å². The molecule has 0 radical (unpaired) electrons. The molecule has 0 saturated carbocycles. The van der Waals surface area contributed by atoms with Crippen LogP contribution in [0.25, 0.3) is 0 Å². The maximum absolute atomic E-state index is 13.7. The normalized spacial score (nSPS) is 11.4. The Morgan fingerprint density at radius 1 is 1.05 bits per heavy atom. The number of nitrogens with two attached hydrogens (primary N) is 1. The summed E-state index contributed by atoms with van der Waals surface area (Å²) in [5.41, 5.74) is 0.0848. The van der Waals surface area contributed by atoms with Crippen molar-refractivity contribution in [1.29, 1.82) is 0 Å². The van der Waals surface area contributed by atoms with Gasteiger partial charge < -0.3 is 4.74 Å². The third-order valence-electron chi connectivity index (χ3n) is 2.61. The predicted octanol–water partition coefficient (Wildman–Crippen LogP) is 2.33. The number of halogens is 3. The SMILES string of the molecule is NS(=O)(=O)c1cc(F)cc(F)c1OCc1ccccc1F. The first-order valence-electron chi connectivity index (χ1n) is 5.67. The van der Waals surface area contributed by atoms with Gasteiger partial charge in [0.05, 0.1) is 0 Å². The number of hydrogen-bond acceptors (Lipinski definition) is 3. The second-order valence-corrected chi connectivity index (χ2v) is 5.67. The fourth-order valence-electron chi connectivity index (χ4n) is 1.65. The first kappa shape index (κ1) is 15.3. The smallest absolute Gasteiger partial charge is 0.241 e. The second-order valence-electron chi connectivity index (χ2n) is 4.14. The number of hydrogen-bond donors (Lipinski definition) is 1. The molecular weight excluding hydrogens is 307 g/mol. The van der Waals surface area contributed by atoms with Crippen molar-refractivity contribution < 1.29 is 26.3 Å². The average Bonchev–Trinajstić information content (AvgIpc) is 2.37. The minimum absolute atomic E-state index is 0.0848. The van der Waals surface area contributed by atoms with Crippen molar-refractivity contribution in [2.24, 2.45) is 5.14 Å². The lowest BCUT2D eigenvalue weighted by Crippen LogP contribution is -2.15. The van der Waals surface area contributed by atoms with Crippen molar-refractivity contribution in [3.8, 4) is 5.75 Å². The van der Waals surface area contributed by atoms with Crippen LogP contribution in [0.3, 0.4) is 0 Å². The monoisotopic (exact) mass is 317 g/mol. The molecule has 0 aliphatic heterocycles. The minimum atomic E-state index is -4.39. The second kappa shape index (κ2) is 5.74. The molecule has 0 saturated heterocycles. The highest BCUT2D eigenvalue weighted by Gasteiger charge is 2.21. The molecule has 0 atom stereocenters. The Morgan fingerprint density at radius 2 is 1.71 bits per heavy atom. The lowest BCUT2D eigenvalue weighted by Gasteiger charge is -2.12. The lowest BCUT2D eigenvalue weighted by molar-refractivity contribution is 0.275. The lowest BCUT2D eigenvalue weighted by atomic mass is 10.2. The Kier molecular flexibility index (Phi) is 4.19. The third-order valence-corrected chi connectivity index (χ3v) is 3.53. The maximum atomic E-state index is 13.7. The average molecular weight is 317 g/mol. The molecule has 112 valence electrons. The van der Waals surface area contributed by atoms with Crippen LogP contribution in [0.15, 0.2) is 41.3 Å². The van der Waals surface area contributed by atoms with Crippen molar-refractivity contribution in [1.82, 2.24) is 0 Å². The summed E-state index contributed by atoms with van der Waals surface area (Å²) in [6.45, 7) is -0.433. The van der Waals surface area contributed by atoms with Gasteiger partial charge in [-0.25, -0.2) is 26.7 Å². The van der Waals surface area contributed by atoms with Gasteiger partial charge in [0.25, 0.3) is 0 Å². The number of primary sulfonamides is 1. The largest absolute Gasteiger partial charge is 0.484 e. The summed E-state index contributed by atoms with van der Waals surface area (Å²) in [6.07, 6.45) is 0. The van der Waals surface area contributed by atoms with Gasteiger partial charge in [-0.3, -0.25) is 0 Å². The summed E-state index contributed by atoms with van der Waals surface area (Å²) < 4.78 is 67.8. The Balaban J connectivity index is 2.39. The van der Waals surface area contributed by atoms with Crippen LogP contribution in [-0.4, -0.2) is 8.42 Å². The van der Waals surface area contributed by atoms with E-state index in [1.54, 1.807) is 0 Å². The Labute approximate surface area is 119 Å². The van der Waals surface area contributed by atoms with E-state index in [0.29, 0.717) is 12.1 Å². The standard InChI is InChI=1S/C13H10F3NO3S/c14-9-5-11(16)13(12(6-9)21(17,18)19)20-7-8-3-1-2-4-10(8)15/h1-6H,7H2,(H2,17,18,19). The molecular formula is C13H10F3NO3S. The van der Waals surface area contributed by atoms with E-state index in [-0.39, 0.29) is 5.56 Å². The molecule has 2 rings (SSSR count). The number of rotatable bonds is 4. The van der Waals surface area contributed by atoms with Crippen molar-refractivity contribution >= 4 is 10.0 Å². The first-order valence-corrected chi connectivity index (χ1v) is 7.21. The summed E-state index contributed by atoms with van der Waals surface area (Å²) in [5, 5.41) is 4.88. The van der Waals surface area contributed by atoms with Gasteiger partial charge in [0.2, 0.25) is 10.0 Å². The quantitative estimate of drug-likeness (QED) is 0.941. The summed E-state index contributed by atoms with van der Waals surface area (Å²) in [4.78, 5) is -0.837. The Hall–Kier alpha value is -2.06. The van der Waals surface area contributed by atoms with Crippen LogP contribution in [0.5, 0.6) is 5.75 Å². The topological polar surface area (TPSA) is 69.4 Å². The van der Waals surface area contributed by atoms with E-state index in [1.165, 1.54) is 24.3 Å². The van der Waals surface area contributed by atoms with E-state index in [1.807, 2.05) is 0 Å². The van der Waals surface area contributed by atoms with Crippen molar-refractivity contribution in [3.63, 3.8) is 0 Å². The molecule has 0 bridgehead atoms. The van der Waals surface area contributed by atoms with Gasteiger partial charge >= 0.3 is 0 Å². The van der Waals surface area contributed by atoms with E-state index in [2.05, 4.69) is 0 Å². The summed E-state index contributed by atoms with van der Waals surface area (Å²) >= 11 is 0. The summed E-state index contributed by atoms with van der Waals surface area (Å²) in [7, 11) is -4.39. The molecule has 0 aliphatic rings. The van der Waals surface area contributed by atoms with E-state index in [4.69, 9.17) is 9.88 Å². The molecule has 0 unspecified atom stereocenters. The van der Waals surface area contributed by atoms with Gasteiger partial charge in [-0.2, -0.15) is 0 Å². The van der Waals surface area contributed by atoms with Crippen molar-refractivity contribution in [2.75, 3.05) is 0 Å². The van der Waals surface area contributed by atoms with Crippen molar-refractivity contribution in [3.05, 3.63) is 59.4 Å². The molecule has 2 aromatic carbocycles. The van der Waals surface area contributed by atoms with E-state index < -0.39 is 44.7 Å². The van der Waals surface area contributed by atoms with Gasteiger partial charge in [0.15, 0.2) is 11.6 Å². The van der Waals surface area contributed by atoms with Crippen LogP contribution in [0.1, 0.15) is 5.56 Å².